The molecule has 5 nitrogen and oxygen atoms in total. The second kappa shape index (κ2) is 11.6. The van der Waals surface area contributed by atoms with Crippen LogP contribution in [-0.2, 0) is 19.4 Å². The van der Waals surface area contributed by atoms with E-state index in [0.717, 1.165) is 49.4 Å². The van der Waals surface area contributed by atoms with Gasteiger partial charge in [-0.05, 0) is 79.6 Å². The molecule has 1 aliphatic heterocycles. The third-order valence-corrected chi connectivity index (χ3v) is 6.25. The Hall–Kier alpha value is -3.47. The van der Waals surface area contributed by atoms with Crippen LogP contribution in [-0.4, -0.2) is 32.7 Å². The van der Waals surface area contributed by atoms with Gasteiger partial charge in [0.25, 0.3) is 5.91 Å². The molecule has 0 saturated carbocycles. The zero-order chi connectivity index (χ0) is 23.8. The Morgan fingerprint density at radius 1 is 1.00 bits per heavy atom. The van der Waals surface area contributed by atoms with Crippen LogP contribution >= 0.6 is 0 Å². The summed E-state index contributed by atoms with van der Waals surface area (Å²) in [7, 11) is 1.65. The van der Waals surface area contributed by atoms with Crippen LogP contribution in [0, 0.1) is 0 Å². The van der Waals surface area contributed by atoms with Crippen molar-refractivity contribution in [3.05, 3.63) is 89.0 Å². The highest BCUT2D eigenvalue weighted by atomic mass is 16.5. The maximum absolute atomic E-state index is 12.6. The lowest BCUT2D eigenvalue weighted by atomic mass is 10.0. The van der Waals surface area contributed by atoms with Crippen LogP contribution < -0.4 is 19.7 Å². The zero-order valence-electron chi connectivity index (χ0n) is 20.2. The number of nitrogens with zero attached hydrogens (tertiary/aromatic N) is 1. The van der Waals surface area contributed by atoms with Gasteiger partial charge in [-0.1, -0.05) is 36.4 Å². The summed E-state index contributed by atoms with van der Waals surface area (Å²) >= 11 is 0. The molecule has 1 aliphatic rings. The molecule has 34 heavy (non-hydrogen) atoms. The summed E-state index contributed by atoms with van der Waals surface area (Å²) in [6, 6.07) is 22.6. The van der Waals surface area contributed by atoms with Gasteiger partial charge in [0.2, 0.25) is 0 Å². The Labute approximate surface area is 202 Å². The van der Waals surface area contributed by atoms with E-state index in [0.29, 0.717) is 18.7 Å². The number of amides is 1. The number of rotatable bonds is 10. The number of ether oxygens (including phenoxy) is 2. The van der Waals surface area contributed by atoms with Gasteiger partial charge in [0.15, 0.2) is 11.5 Å². The molecule has 0 spiro atoms. The van der Waals surface area contributed by atoms with Gasteiger partial charge in [0.1, 0.15) is 0 Å². The van der Waals surface area contributed by atoms with Crippen molar-refractivity contribution in [1.29, 1.82) is 0 Å². The fourth-order valence-corrected chi connectivity index (χ4v) is 4.50. The first-order valence-corrected chi connectivity index (χ1v) is 12.2. The van der Waals surface area contributed by atoms with Crippen LogP contribution in [0.25, 0.3) is 0 Å². The molecule has 0 unspecified atom stereocenters. The summed E-state index contributed by atoms with van der Waals surface area (Å²) < 4.78 is 11.0. The van der Waals surface area contributed by atoms with Crippen molar-refractivity contribution in [3.8, 4) is 11.5 Å². The third-order valence-electron chi connectivity index (χ3n) is 6.25. The Kier molecular flexibility index (Phi) is 8.08. The number of benzene rings is 3. The van der Waals surface area contributed by atoms with E-state index in [4.69, 9.17) is 9.47 Å². The summed E-state index contributed by atoms with van der Waals surface area (Å²) in [6.07, 6.45) is 4.05. The molecule has 1 heterocycles. The van der Waals surface area contributed by atoms with E-state index in [1.807, 2.05) is 31.2 Å². The highest BCUT2D eigenvalue weighted by Gasteiger charge is 2.16. The number of anilines is 1. The molecule has 3 aromatic rings. The van der Waals surface area contributed by atoms with E-state index >= 15 is 0 Å². The first-order chi connectivity index (χ1) is 16.7. The zero-order valence-corrected chi connectivity index (χ0v) is 20.2. The lowest BCUT2D eigenvalue weighted by Crippen LogP contribution is -2.28. The molecule has 0 saturated heterocycles. The summed E-state index contributed by atoms with van der Waals surface area (Å²) in [5, 5.41) is 3.04. The van der Waals surface area contributed by atoms with Crippen molar-refractivity contribution < 1.29 is 14.3 Å². The minimum atomic E-state index is -0.0286. The fourth-order valence-electron chi connectivity index (χ4n) is 4.50. The van der Waals surface area contributed by atoms with E-state index in [9.17, 15) is 4.79 Å². The number of fused-ring (bicyclic) bond motifs is 1. The maximum atomic E-state index is 12.6. The molecule has 5 heteroatoms. The molecular formula is C29H34N2O3. The first-order valence-electron chi connectivity index (χ1n) is 12.2. The summed E-state index contributed by atoms with van der Waals surface area (Å²) in [5.74, 6) is 1.48. The largest absolute Gasteiger partial charge is 0.493 e. The molecule has 0 radical (unpaired) electrons. The van der Waals surface area contributed by atoms with Crippen molar-refractivity contribution in [2.24, 2.45) is 0 Å². The normalized spacial score (nSPS) is 12.7. The lowest BCUT2D eigenvalue weighted by Gasteiger charge is -2.31. The predicted octanol–water partition coefficient (Wildman–Crippen LogP) is 5.41. The van der Waals surface area contributed by atoms with E-state index in [-0.39, 0.29) is 5.91 Å². The molecule has 0 aromatic heterocycles. The summed E-state index contributed by atoms with van der Waals surface area (Å²) in [5.41, 5.74) is 5.84. The van der Waals surface area contributed by atoms with Gasteiger partial charge in [-0.3, -0.25) is 4.79 Å². The van der Waals surface area contributed by atoms with Gasteiger partial charge in [0.05, 0.1) is 13.7 Å². The van der Waals surface area contributed by atoms with Crippen LogP contribution in [0.3, 0.4) is 0 Å². The second-order valence-corrected chi connectivity index (χ2v) is 8.63. The van der Waals surface area contributed by atoms with Gasteiger partial charge in [0, 0.05) is 30.9 Å². The van der Waals surface area contributed by atoms with Crippen LogP contribution in [0.15, 0.2) is 66.7 Å². The monoisotopic (exact) mass is 458 g/mol. The van der Waals surface area contributed by atoms with E-state index in [1.54, 1.807) is 7.11 Å². The highest BCUT2D eigenvalue weighted by molar-refractivity contribution is 5.94. The molecule has 1 amide bonds. The third kappa shape index (κ3) is 5.90. The van der Waals surface area contributed by atoms with E-state index in [1.165, 1.54) is 23.2 Å². The topological polar surface area (TPSA) is 50.8 Å². The fraction of sp³-hybridized carbons (Fsp3) is 0.345. The molecule has 4 rings (SSSR count). The number of methoxy groups -OCH3 is 1. The number of hydrogen-bond acceptors (Lipinski definition) is 4. The van der Waals surface area contributed by atoms with Crippen LogP contribution in [0.1, 0.15) is 46.8 Å². The number of carbonyl (C=O) groups excluding carboxylic acids is 1. The lowest BCUT2D eigenvalue weighted by molar-refractivity contribution is 0.0953. The predicted molar refractivity (Wildman–Crippen MR) is 137 cm³/mol. The molecular weight excluding hydrogens is 424 g/mol. The molecule has 0 aliphatic carbocycles. The number of aryl methyl sites for hydroxylation is 2. The standard InChI is InChI=1S/C29H34N2O3/c1-3-34-27-17-14-22(20-28(27)33-2)8-6-18-30-29(32)25-15-12-23(13-16-25)21-31-19-7-10-24-9-4-5-11-26(24)31/h4-5,9,11-17,20H,3,6-8,10,18-19,21H2,1-2H3,(H,30,32). The highest BCUT2D eigenvalue weighted by Crippen LogP contribution is 2.29. The molecule has 0 bridgehead atoms. The molecule has 178 valence electrons. The summed E-state index contributed by atoms with van der Waals surface area (Å²) in [6.45, 7) is 5.12. The minimum Gasteiger partial charge on any atom is -0.493 e. The van der Waals surface area contributed by atoms with Crippen molar-refractivity contribution >= 4 is 11.6 Å². The number of nitrogens with one attached hydrogen (secondary N) is 1. The van der Waals surface area contributed by atoms with Crippen LogP contribution in [0.4, 0.5) is 5.69 Å². The average molecular weight is 459 g/mol. The summed E-state index contributed by atoms with van der Waals surface area (Å²) in [4.78, 5) is 15.0. The van der Waals surface area contributed by atoms with Crippen molar-refractivity contribution in [3.63, 3.8) is 0 Å². The van der Waals surface area contributed by atoms with E-state index in [2.05, 4.69) is 52.7 Å². The molecule has 0 fully saturated rings. The Morgan fingerprint density at radius 2 is 1.79 bits per heavy atom. The first kappa shape index (κ1) is 23.7. The quantitative estimate of drug-likeness (QED) is 0.413. The van der Waals surface area contributed by atoms with Crippen LogP contribution in [0.5, 0.6) is 11.5 Å². The van der Waals surface area contributed by atoms with Crippen LogP contribution in [0.2, 0.25) is 0 Å². The maximum Gasteiger partial charge on any atom is 0.251 e. The van der Waals surface area contributed by atoms with Gasteiger partial charge < -0.3 is 19.7 Å². The minimum absolute atomic E-state index is 0.0286. The Bertz CT molecular complexity index is 1090. The molecule has 1 N–H and O–H groups in total. The second-order valence-electron chi connectivity index (χ2n) is 8.63. The van der Waals surface area contributed by atoms with E-state index < -0.39 is 0 Å². The van der Waals surface area contributed by atoms with Crippen molar-refractivity contribution in [2.75, 3.05) is 31.7 Å². The van der Waals surface area contributed by atoms with Gasteiger partial charge in [-0.2, -0.15) is 0 Å². The van der Waals surface area contributed by atoms with Gasteiger partial charge in [-0.15, -0.1) is 0 Å². The van der Waals surface area contributed by atoms with Crippen molar-refractivity contribution in [1.82, 2.24) is 5.32 Å². The average Bonchev–Trinajstić information content (AvgIpc) is 2.88. The van der Waals surface area contributed by atoms with Gasteiger partial charge >= 0.3 is 0 Å². The van der Waals surface area contributed by atoms with Gasteiger partial charge in [-0.25, -0.2) is 0 Å². The number of carbonyl (C=O) groups is 1. The van der Waals surface area contributed by atoms with Crippen molar-refractivity contribution in [2.45, 2.75) is 39.2 Å². The SMILES string of the molecule is CCOc1ccc(CCCNC(=O)c2ccc(CN3CCCc4ccccc43)cc2)cc1OC. The number of hydrogen-bond donors (Lipinski definition) is 1. The Morgan fingerprint density at radius 3 is 2.59 bits per heavy atom. The molecule has 0 atom stereocenters. The smallest absolute Gasteiger partial charge is 0.251 e. The molecule has 3 aromatic carbocycles. The Balaban J connectivity index is 1.25. The number of para-hydroxylation sites is 1.